The van der Waals surface area contributed by atoms with Crippen LogP contribution < -0.4 is 21.1 Å². The van der Waals surface area contributed by atoms with Gasteiger partial charge in [-0.05, 0) is 24.8 Å². The van der Waals surface area contributed by atoms with Crippen LogP contribution in [0, 0.1) is 5.92 Å². The molecule has 1 aromatic carbocycles. The van der Waals surface area contributed by atoms with Crippen molar-refractivity contribution in [2.45, 2.75) is 45.1 Å². The van der Waals surface area contributed by atoms with Gasteiger partial charge in [0.05, 0.1) is 17.1 Å². The fraction of sp³-hybridized carbons (Fsp3) is 0.562. The number of rotatable bonds is 3. The Hall–Kier alpha value is -1.91. The Morgan fingerprint density at radius 1 is 1.43 bits per heavy atom. The van der Waals surface area contributed by atoms with Crippen molar-refractivity contribution in [3.05, 3.63) is 12.1 Å². The van der Waals surface area contributed by atoms with Gasteiger partial charge in [-0.3, -0.25) is 4.79 Å². The van der Waals surface area contributed by atoms with Gasteiger partial charge in [0.1, 0.15) is 5.75 Å². The van der Waals surface area contributed by atoms with Crippen LogP contribution in [0.2, 0.25) is 0 Å². The van der Waals surface area contributed by atoms with Crippen LogP contribution in [0.15, 0.2) is 12.1 Å². The Morgan fingerprint density at radius 3 is 3.10 bits per heavy atom. The number of carbonyl (C=O) groups excluding carboxylic acids is 1. The molecule has 2 unspecified atom stereocenters. The van der Waals surface area contributed by atoms with E-state index in [-0.39, 0.29) is 12.5 Å². The molecule has 5 nitrogen and oxygen atoms in total. The Labute approximate surface area is 125 Å². The molecule has 0 saturated heterocycles. The zero-order valence-corrected chi connectivity index (χ0v) is 12.4. The van der Waals surface area contributed by atoms with Gasteiger partial charge < -0.3 is 21.1 Å². The monoisotopic (exact) mass is 289 g/mol. The summed E-state index contributed by atoms with van der Waals surface area (Å²) in [7, 11) is 0. The number of hydrogen-bond acceptors (Lipinski definition) is 4. The maximum absolute atomic E-state index is 11.4. The second-order valence-electron chi connectivity index (χ2n) is 6.05. The molecule has 4 N–H and O–H groups in total. The van der Waals surface area contributed by atoms with Crippen molar-refractivity contribution < 1.29 is 9.53 Å². The summed E-state index contributed by atoms with van der Waals surface area (Å²) < 4.78 is 5.38. The van der Waals surface area contributed by atoms with Gasteiger partial charge in [-0.1, -0.05) is 26.2 Å². The highest BCUT2D eigenvalue weighted by Crippen LogP contribution is 2.37. The SMILES string of the molecule is CCC1CCCC(Nc2cc3c(cc2N)OCC(=O)N3)C1. The second kappa shape index (κ2) is 5.84. The maximum Gasteiger partial charge on any atom is 0.262 e. The largest absolute Gasteiger partial charge is 0.482 e. The number of benzene rings is 1. The third-order valence-corrected chi connectivity index (χ3v) is 4.50. The molecule has 114 valence electrons. The first-order valence-electron chi connectivity index (χ1n) is 7.78. The first kappa shape index (κ1) is 14.0. The zero-order valence-electron chi connectivity index (χ0n) is 12.4. The number of ether oxygens (including phenoxy) is 1. The smallest absolute Gasteiger partial charge is 0.262 e. The molecule has 3 rings (SSSR count). The molecule has 1 amide bonds. The molecule has 0 aromatic heterocycles. The topological polar surface area (TPSA) is 76.4 Å². The third-order valence-electron chi connectivity index (χ3n) is 4.50. The molecule has 1 heterocycles. The van der Waals surface area contributed by atoms with Crippen LogP contribution in [0.3, 0.4) is 0 Å². The van der Waals surface area contributed by atoms with Crippen LogP contribution in [0.5, 0.6) is 5.75 Å². The van der Waals surface area contributed by atoms with E-state index in [1.165, 1.54) is 32.1 Å². The van der Waals surface area contributed by atoms with Crippen molar-refractivity contribution in [2.24, 2.45) is 5.92 Å². The standard InChI is InChI=1S/C16H23N3O2/c1-2-10-4-3-5-11(6-10)18-13-8-14-15(7-12(13)17)21-9-16(20)19-14/h7-8,10-11,18H,2-6,9,17H2,1H3,(H,19,20). The van der Waals surface area contributed by atoms with Crippen LogP contribution >= 0.6 is 0 Å². The van der Waals surface area contributed by atoms with Gasteiger partial charge >= 0.3 is 0 Å². The molecule has 1 aliphatic carbocycles. The van der Waals surface area contributed by atoms with E-state index in [1.54, 1.807) is 6.07 Å². The minimum atomic E-state index is -0.123. The molecule has 1 saturated carbocycles. The summed E-state index contributed by atoms with van der Waals surface area (Å²) in [5.41, 5.74) is 8.37. The zero-order chi connectivity index (χ0) is 14.8. The number of anilines is 3. The van der Waals surface area contributed by atoms with Crippen molar-refractivity contribution >= 4 is 23.0 Å². The highest BCUT2D eigenvalue weighted by Gasteiger charge is 2.23. The van der Waals surface area contributed by atoms with Crippen LogP contribution in [-0.2, 0) is 4.79 Å². The normalized spacial score (nSPS) is 24.7. The lowest BCUT2D eigenvalue weighted by Crippen LogP contribution is -2.28. The average Bonchev–Trinajstić information content (AvgIpc) is 2.49. The Kier molecular flexibility index (Phi) is 3.90. The fourth-order valence-electron chi connectivity index (χ4n) is 3.28. The van der Waals surface area contributed by atoms with E-state index in [2.05, 4.69) is 17.6 Å². The minimum absolute atomic E-state index is 0.0556. The van der Waals surface area contributed by atoms with E-state index in [0.29, 0.717) is 23.2 Å². The number of carbonyl (C=O) groups is 1. The molecule has 1 aromatic rings. The molecule has 0 spiro atoms. The predicted octanol–water partition coefficient (Wildman–Crippen LogP) is 2.98. The molecule has 21 heavy (non-hydrogen) atoms. The van der Waals surface area contributed by atoms with Gasteiger partial charge in [-0.2, -0.15) is 0 Å². The lowest BCUT2D eigenvalue weighted by atomic mass is 9.84. The first-order chi connectivity index (χ1) is 10.2. The van der Waals surface area contributed by atoms with Crippen LogP contribution in [0.1, 0.15) is 39.0 Å². The lowest BCUT2D eigenvalue weighted by Gasteiger charge is -2.30. The number of nitrogen functional groups attached to an aromatic ring is 1. The molecule has 2 aliphatic rings. The summed E-state index contributed by atoms with van der Waals surface area (Å²) in [5.74, 6) is 1.33. The van der Waals surface area contributed by atoms with Crippen molar-refractivity contribution in [3.63, 3.8) is 0 Å². The first-order valence-corrected chi connectivity index (χ1v) is 7.78. The van der Waals surface area contributed by atoms with Gasteiger partial charge in [0.2, 0.25) is 0 Å². The molecule has 0 bridgehead atoms. The van der Waals surface area contributed by atoms with Gasteiger partial charge in [-0.15, -0.1) is 0 Å². The summed E-state index contributed by atoms with van der Waals surface area (Å²) in [6.07, 6.45) is 6.20. The van der Waals surface area contributed by atoms with E-state index in [1.807, 2.05) is 6.07 Å². The Balaban J connectivity index is 1.76. The van der Waals surface area contributed by atoms with Gasteiger partial charge in [0.25, 0.3) is 5.91 Å². The van der Waals surface area contributed by atoms with Gasteiger partial charge in [0.15, 0.2) is 6.61 Å². The maximum atomic E-state index is 11.4. The van der Waals surface area contributed by atoms with E-state index in [4.69, 9.17) is 10.5 Å². The number of amides is 1. The number of nitrogens with two attached hydrogens (primary N) is 1. The van der Waals surface area contributed by atoms with Crippen molar-refractivity contribution in [3.8, 4) is 5.75 Å². The fourth-order valence-corrected chi connectivity index (χ4v) is 3.28. The van der Waals surface area contributed by atoms with Crippen LogP contribution in [-0.4, -0.2) is 18.6 Å². The average molecular weight is 289 g/mol. The lowest BCUT2D eigenvalue weighted by molar-refractivity contribution is -0.118. The van der Waals surface area contributed by atoms with Crippen LogP contribution in [0.25, 0.3) is 0 Å². The summed E-state index contributed by atoms with van der Waals surface area (Å²) >= 11 is 0. The molecule has 0 radical (unpaired) electrons. The van der Waals surface area contributed by atoms with Gasteiger partial charge in [-0.25, -0.2) is 0 Å². The molecular formula is C16H23N3O2. The Bertz CT molecular complexity index is 545. The van der Waals surface area contributed by atoms with Crippen LogP contribution in [0.4, 0.5) is 17.1 Å². The summed E-state index contributed by atoms with van der Waals surface area (Å²) in [5, 5.41) is 6.37. The molecule has 2 atom stereocenters. The number of nitrogens with one attached hydrogen (secondary N) is 2. The summed E-state index contributed by atoms with van der Waals surface area (Å²) in [4.78, 5) is 11.4. The van der Waals surface area contributed by atoms with Crippen molar-refractivity contribution in [1.82, 2.24) is 0 Å². The third kappa shape index (κ3) is 3.06. The highest BCUT2D eigenvalue weighted by molar-refractivity contribution is 5.97. The van der Waals surface area contributed by atoms with E-state index in [9.17, 15) is 4.79 Å². The molecule has 1 fully saturated rings. The number of hydrogen-bond donors (Lipinski definition) is 3. The Morgan fingerprint density at radius 2 is 2.29 bits per heavy atom. The second-order valence-corrected chi connectivity index (χ2v) is 6.05. The van der Waals surface area contributed by atoms with Gasteiger partial charge in [0, 0.05) is 12.1 Å². The summed E-state index contributed by atoms with van der Waals surface area (Å²) in [6.45, 7) is 2.31. The minimum Gasteiger partial charge on any atom is -0.482 e. The quantitative estimate of drug-likeness (QED) is 0.748. The summed E-state index contributed by atoms with van der Waals surface area (Å²) in [6, 6.07) is 4.14. The molecule has 1 aliphatic heterocycles. The predicted molar refractivity (Wildman–Crippen MR) is 84.6 cm³/mol. The van der Waals surface area contributed by atoms with Crippen molar-refractivity contribution in [2.75, 3.05) is 23.0 Å². The highest BCUT2D eigenvalue weighted by atomic mass is 16.5. The van der Waals surface area contributed by atoms with E-state index < -0.39 is 0 Å². The van der Waals surface area contributed by atoms with Crippen molar-refractivity contribution in [1.29, 1.82) is 0 Å². The van der Waals surface area contributed by atoms with E-state index in [0.717, 1.165) is 11.6 Å². The molecular weight excluding hydrogens is 266 g/mol. The van der Waals surface area contributed by atoms with E-state index >= 15 is 0 Å². The molecule has 5 heteroatoms. The number of fused-ring (bicyclic) bond motifs is 1.